The molecule has 0 radical (unpaired) electrons. The van der Waals surface area contributed by atoms with Gasteiger partial charge in [-0.05, 0) is 63.7 Å². The first-order chi connectivity index (χ1) is 24.2. The first kappa shape index (κ1) is 28.7. The lowest BCUT2D eigenvalue weighted by Gasteiger charge is -2.15. The second-order valence-corrected chi connectivity index (χ2v) is 12.4. The first-order valence-corrected chi connectivity index (χ1v) is 16.6. The number of hydrogen-bond donors (Lipinski definition) is 0. The largest absolute Gasteiger partial charge is 0.310 e. The van der Waals surface area contributed by atoms with Gasteiger partial charge in [0.25, 0.3) is 0 Å². The molecule has 0 bridgehead atoms. The van der Waals surface area contributed by atoms with Gasteiger partial charge in [0, 0.05) is 34.6 Å². The van der Waals surface area contributed by atoms with Crippen molar-refractivity contribution in [2.24, 2.45) is 7.05 Å². The highest BCUT2D eigenvalue weighted by Crippen LogP contribution is 2.41. The minimum absolute atomic E-state index is 0.841. The highest BCUT2D eigenvalue weighted by molar-refractivity contribution is 6.11. The van der Waals surface area contributed by atoms with Crippen LogP contribution in [0.5, 0.6) is 0 Å². The van der Waals surface area contributed by atoms with E-state index < -0.39 is 0 Å². The second-order valence-electron chi connectivity index (χ2n) is 12.4. The number of benzene rings is 7. The van der Waals surface area contributed by atoms with Crippen molar-refractivity contribution < 1.29 is 0 Å². The van der Waals surface area contributed by atoms with Crippen molar-refractivity contribution in [3.63, 3.8) is 0 Å². The maximum atomic E-state index is 4.55. The van der Waals surface area contributed by atoms with Crippen LogP contribution in [0, 0.1) is 0 Å². The van der Waals surface area contributed by atoms with Gasteiger partial charge in [0.1, 0.15) is 0 Å². The van der Waals surface area contributed by atoms with E-state index in [0.29, 0.717) is 0 Å². The Kier molecular flexibility index (Phi) is 6.98. The van der Waals surface area contributed by atoms with E-state index in [9.17, 15) is 0 Å². The van der Waals surface area contributed by atoms with E-state index in [4.69, 9.17) is 0 Å². The second kappa shape index (κ2) is 11.9. The standard InChI is InChI=1S/C45H32N4/c1-48-44(32-14-4-2-5-15-32)46-47-45(48)33-26-24-31(25-27-33)36-18-8-10-20-38(36)39-21-11-9-19-37(39)34-28-29-43-41(30-34)40-22-12-13-23-42(40)49(43)35-16-6-3-7-17-35/h2-30H,1H3. The summed E-state index contributed by atoms with van der Waals surface area (Å²) >= 11 is 0. The van der Waals surface area contributed by atoms with Crippen LogP contribution in [0.1, 0.15) is 0 Å². The molecule has 49 heavy (non-hydrogen) atoms. The molecule has 0 saturated heterocycles. The zero-order chi connectivity index (χ0) is 32.7. The van der Waals surface area contributed by atoms with Crippen LogP contribution in [0.3, 0.4) is 0 Å². The van der Waals surface area contributed by atoms with Crippen LogP contribution in [0.25, 0.3) is 83.6 Å². The van der Waals surface area contributed by atoms with Gasteiger partial charge >= 0.3 is 0 Å². The molecule has 0 atom stereocenters. The molecule has 7 aromatic carbocycles. The summed E-state index contributed by atoms with van der Waals surface area (Å²) in [5, 5.41) is 11.5. The van der Waals surface area contributed by atoms with Gasteiger partial charge < -0.3 is 9.13 Å². The van der Waals surface area contributed by atoms with Crippen LogP contribution in [-0.2, 0) is 7.05 Å². The van der Waals surface area contributed by atoms with Crippen LogP contribution in [0.4, 0.5) is 0 Å². The molecule has 0 saturated carbocycles. The summed E-state index contributed by atoms with van der Waals surface area (Å²) in [6.07, 6.45) is 0. The normalized spacial score (nSPS) is 11.4. The van der Waals surface area contributed by atoms with E-state index in [2.05, 4.69) is 177 Å². The monoisotopic (exact) mass is 628 g/mol. The maximum Gasteiger partial charge on any atom is 0.163 e. The van der Waals surface area contributed by atoms with Gasteiger partial charge in [-0.15, -0.1) is 10.2 Å². The van der Waals surface area contributed by atoms with Crippen molar-refractivity contribution in [1.29, 1.82) is 0 Å². The van der Waals surface area contributed by atoms with Gasteiger partial charge in [-0.1, -0.05) is 146 Å². The molecule has 0 unspecified atom stereocenters. The van der Waals surface area contributed by atoms with E-state index in [1.807, 2.05) is 25.2 Å². The van der Waals surface area contributed by atoms with Gasteiger partial charge in [-0.2, -0.15) is 0 Å². The Balaban J connectivity index is 1.12. The highest BCUT2D eigenvalue weighted by Gasteiger charge is 2.17. The van der Waals surface area contributed by atoms with Gasteiger partial charge in [0.05, 0.1) is 11.0 Å². The lowest BCUT2D eigenvalue weighted by Crippen LogP contribution is -1.96. The fraction of sp³-hybridized carbons (Fsp3) is 0.0222. The average molecular weight is 629 g/mol. The van der Waals surface area contributed by atoms with Gasteiger partial charge in [-0.25, -0.2) is 0 Å². The van der Waals surface area contributed by atoms with Crippen molar-refractivity contribution in [2.75, 3.05) is 0 Å². The number of hydrogen-bond acceptors (Lipinski definition) is 2. The van der Waals surface area contributed by atoms with E-state index in [1.165, 1.54) is 49.6 Å². The summed E-state index contributed by atoms with van der Waals surface area (Å²) < 4.78 is 4.42. The van der Waals surface area contributed by atoms with Crippen molar-refractivity contribution in [3.05, 3.63) is 176 Å². The van der Waals surface area contributed by atoms with Crippen LogP contribution in [0.2, 0.25) is 0 Å². The molecule has 2 aromatic heterocycles. The van der Waals surface area contributed by atoms with Crippen molar-refractivity contribution in [3.8, 4) is 61.8 Å². The fourth-order valence-electron chi connectivity index (χ4n) is 7.15. The fourth-order valence-corrected chi connectivity index (χ4v) is 7.15. The van der Waals surface area contributed by atoms with E-state index in [0.717, 1.165) is 34.0 Å². The third-order valence-corrected chi connectivity index (χ3v) is 9.50. The molecule has 0 spiro atoms. The van der Waals surface area contributed by atoms with Crippen LogP contribution in [-0.4, -0.2) is 19.3 Å². The minimum atomic E-state index is 0.841. The summed E-state index contributed by atoms with van der Waals surface area (Å²) in [6, 6.07) is 62.5. The Labute approximate surface area is 285 Å². The highest BCUT2D eigenvalue weighted by atomic mass is 15.3. The summed E-state index contributed by atoms with van der Waals surface area (Å²) in [6.45, 7) is 0. The molecule has 232 valence electrons. The minimum Gasteiger partial charge on any atom is -0.310 e. The van der Waals surface area contributed by atoms with Crippen molar-refractivity contribution in [2.45, 2.75) is 0 Å². The molecule has 4 nitrogen and oxygen atoms in total. The van der Waals surface area contributed by atoms with Crippen LogP contribution >= 0.6 is 0 Å². The molecule has 4 heteroatoms. The topological polar surface area (TPSA) is 35.6 Å². The molecule has 9 aromatic rings. The Hall–Kier alpha value is -6.52. The van der Waals surface area contributed by atoms with E-state index in [-0.39, 0.29) is 0 Å². The van der Waals surface area contributed by atoms with Gasteiger partial charge in [0.15, 0.2) is 11.6 Å². The smallest absolute Gasteiger partial charge is 0.163 e. The summed E-state index contributed by atoms with van der Waals surface area (Å²) in [5.41, 5.74) is 12.8. The molecule has 0 N–H and O–H groups in total. The molecule has 0 amide bonds. The quantitative estimate of drug-likeness (QED) is 0.184. The molecule has 0 fully saturated rings. The number of nitrogens with zero attached hydrogens (tertiary/aromatic N) is 4. The number of fused-ring (bicyclic) bond motifs is 3. The number of rotatable bonds is 6. The predicted octanol–water partition coefficient (Wildman–Crippen LogP) is 11.2. The van der Waals surface area contributed by atoms with E-state index >= 15 is 0 Å². The maximum absolute atomic E-state index is 4.55. The van der Waals surface area contributed by atoms with Crippen molar-refractivity contribution in [1.82, 2.24) is 19.3 Å². The van der Waals surface area contributed by atoms with Gasteiger partial charge in [0.2, 0.25) is 0 Å². The Bertz CT molecular complexity index is 2590. The Morgan fingerprint density at radius 1 is 0.367 bits per heavy atom. The third-order valence-electron chi connectivity index (χ3n) is 9.50. The SMILES string of the molecule is Cn1c(-c2ccccc2)nnc1-c1ccc(-c2ccccc2-c2ccccc2-c2ccc3c(c2)c2ccccc2n3-c2ccccc2)cc1. The predicted molar refractivity (Wildman–Crippen MR) is 203 cm³/mol. The zero-order valence-corrected chi connectivity index (χ0v) is 27.0. The molecular formula is C45H32N4. The summed E-state index contributed by atoms with van der Waals surface area (Å²) in [4.78, 5) is 0. The van der Waals surface area contributed by atoms with Crippen LogP contribution in [0.15, 0.2) is 176 Å². The zero-order valence-electron chi connectivity index (χ0n) is 27.0. The van der Waals surface area contributed by atoms with Crippen LogP contribution < -0.4 is 0 Å². The molecule has 9 rings (SSSR count). The molecule has 0 aliphatic rings. The molecule has 0 aliphatic carbocycles. The lowest BCUT2D eigenvalue weighted by molar-refractivity contribution is 0.930. The van der Waals surface area contributed by atoms with Crippen molar-refractivity contribution >= 4 is 21.8 Å². The number of para-hydroxylation sites is 2. The number of aromatic nitrogens is 4. The third kappa shape index (κ3) is 4.93. The lowest BCUT2D eigenvalue weighted by atomic mass is 9.89. The Morgan fingerprint density at radius 3 is 1.51 bits per heavy atom. The van der Waals surface area contributed by atoms with Gasteiger partial charge in [-0.3, -0.25) is 0 Å². The summed E-state index contributed by atoms with van der Waals surface area (Å²) in [5.74, 6) is 1.69. The molecular weight excluding hydrogens is 597 g/mol. The molecule has 2 heterocycles. The Morgan fingerprint density at radius 2 is 0.837 bits per heavy atom. The first-order valence-electron chi connectivity index (χ1n) is 16.6. The summed E-state index contributed by atoms with van der Waals surface area (Å²) in [7, 11) is 2.02. The average Bonchev–Trinajstić information content (AvgIpc) is 3.73. The molecule has 0 aliphatic heterocycles. The van der Waals surface area contributed by atoms with E-state index in [1.54, 1.807) is 0 Å².